The molecule has 2 aromatic rings. The lowest BCUT2D eigenvalue weighted by molar-refractivity contribution is 0.0367. The highest BCUT2D eigenvalue weighted by molar-refractivity contribution is 5.73. The summed E-state index contributed by atoms with van der Waals surface area (Å²) in [5, 5.41) is 15.5. The molecule has 2 rings (SSSR count). The third kappa shape index (κ3) is 5.58. The lowest BCUT2D eigenvalue weighted by Crippen LogP contribution is -2.43. The van der Waals surface area contributed by atoms with E-state index in [2.05, 4.69) is 10.6 Å². The van der Waals surface area contributed by atoms with Crippen LogP contribution in [0.15, 0.2) is 41.0 Å². The molecular weight excluding hydrogens is 325 g/mol. The van der Waals surface area contributed by atoms with Gasteiger partial charge in [0.1, 0.15) is 17.2 Å². The average molecular weight is 349 g/mol. The van der Waals surface area contributed by atoms with E-state index in [1.54, 1.807) is 31.2 Å². The maximum atomic E-state index is 14.0. The molecule has 1 aromatic carbocycles. The van der Waals surface area contributed by atoms with Crippen LogP contribution in [0.1, 0.15) is 23.8 Å². The van der Waals surface area contributed by atoms with E-state index in [4.69, 9.17) is 4.42 Å². The Morgan fingerprint density at radius 1 is 1.32 bits per heavy atom. The summed E-state index contributed by atoms with van der Waals surface area (Å²) in [5.74, 6) is 0.0699. The maximum Gasteiger partial charge on any atom is 0.315 e. The number of hydrogen-bond acceptors (Lipinski definition) is 4. The van der Waals surface area contributed by atoms with Crippen molar-refractivity contribution < 1.29 is 18.7 Å². The number of halogens is 1. The van der Waals surface area contributed by atoms with Gasteiger partial charge in [0, 0.05) is 18.7 Å². The summed E-state index contributed by atoms with van der Waals surface area (Å²) in [6.07, 6.45) is 1.46. The number of nitrogens with zero attached hydrogens (tertiary/aromatic N) is 1. The fourth-order valence-electron chi connectivity index (χ4n) is 2.34. The molecule has 1 unspecified atom stereocenters. The first-order valence-corrected chi connectivity index (χ1v) is 7.98. The summed E-state index contributed by atoms with van der Waals surface area (Å²) in [6.45, 7) is 2.24. The Morgan fingerprint density at radius 3 is 2.68 bits per heavy atom. The van der Waals surface area contributed by atoms with Gasteiger partial charge in [-0.1, -0.05) is 12.1 Å². The van der Waals surface area contributed by atoms with Crippen molar-refractivity contribution >= 4 is 6.03 Å². The number of furan rings is 1. The molecular formula is C18H24FN3O3. The number of hydrogen-bond donors (Lipinski definition) is 3. The Balaban J connectivity index is 1.83. The van der Waals surface area contributed by atoms with Crippen LogP contribution in [0.2, 0.25) is 0 Å². The largest absolute Gasteiger partial charge is 0.466 e. The normalized spacial score (nSPS) is 13.5. The number of amides is 2. The highest BCUT2D eigenvalue weighted by Gasteiger charge is 2.26. The molecule has 2 amide bonds. The number of urea groups is 1. The van der Waals surface area contributed by atoms with Crippen molar-refractivity contribution in [2.45, 2.75) is 25.6 Å². The van der Waals surface area contributed by atoms with Crippen molar-refractivity contribution in [1.29, 1.82) is 0 Å². The molecule has 136 valence electrons. The molecule has 0 saturated heterocycles. The van der Waals surface area contributed by atoms with Crippen LogP contribution in [0, 0.1) is 5.82 Å². The van der Waals surface area contributed by atoms with Crippen LogP contribution in [0.25, 0.3) is 0 Å². The van der Waals surface area contributed by atoms with Crippen LogP contribution in [-0.4, -0.2) is 36.7 Å². The van der Waals surface area contributed by atoms with Crippen molar-refractivity contribution in [1.82, 2.24) is 15.5 Å². The predicted molar refractivity (Wildman–Crippen MR) is 92.3 cm³/mol. The van der Waals surface area contributed by atoms with E-state index < -0.39 is 11.6 Å². The summed E-state index contributed by atoms with van der Waals surface area (Å²) in [4.78, 5) is 13.7. The molecule has 1 atom stereocenters. The number of nitrogens with one attached hydrogen (secondary N) is 2. The SMILES string of the molecule is CN(C)Cc1ccc(CNC(=O)NCC(C)(O)c2ccco2)cc1F. The van der Waals surface area contributed by atoms with Crippen molar-refractivity contribution in [3.8, 4) is 0 Å². The number of carbonyl (C=O) groups is 1. The second-order valence-corrected chi connectivity index (χ2v) is 6.45. The van der Waals surface area contributed by atoms with Crippen LogP contribution in [0.3, 0.4) is 0 Å². The summed E-state index contributed by atoms with van der Waals surface area (Å²) < 4.78 is 19.1. The Morgan fingerprint density at radius 2 is 2.08 bits per heavy atom. The monoisotopic (exact) mass is 349 g/mol. The molecule has 1 heterocycles. The van der Waals surface area contributed by atoms with Gasteiger partial charge in [-0.15, -0.1) is 0 Å². The fraction of sp³-hybridized carbons (Fsp3) is 0.389. The van der Waals surface area contributed by atoms with Gasteiger partial charge >= 0.3 is 6.03 Å². The van der Waals surface area contributed by atoms with E-state index in [0.29, 0.717) is 23.4 Å². The lowest BCUT2D eigenvalue weighted by Gasteiger charge is -2.21. The molecule has 0 aliphatic carbocycles. The van der Waals surface area contributed by atoms with Crippen molar-refractivity contribution in [3.63, 3.8) is 0 Å². The van der Waals surface area contributed by atoms with Crippen LogP contribution in [0.4, 0.5) is 9.18 Å². The summed E-state index contributed by atoms with van der Waals surface area (Å²) in [7, 11) is 3.74. The first-order valence-electron chi connectivity index (χ1n) is 7.98. The quantitative estimate of drug-likeness (QED) is 0.716. The van der Waals surface area contributed by atoms with Crippen LogP contribution in [0.5, 0.6) is 0 Å². The van der Waals surface area contributed by atoms with Crippen LogP contribution >= 0.6 is 0 Å². The van der Waals surface area contributed by atoms with Gasteiger partial charge in [0.05, 0.1) is 12.8 Å². The molecule has 6 nitrogen and oxygen atoms in total. The van der Waals surface area contributed by atoms with Crippen molar-refractivity contribution in [2.75, 3.05) is 20.6 Å². The second-order valence-electron chi connectivity index (χ2n) is 6.45. The lowest BCUT2D eigenvalue weighted by atomic mass is 10.0. The Hall–Kier alpha value is -2.38. The maximum absolute atomic E-state index is 14.0. The number of aliphatic hydroxyl groups is 1. The molecule has 3 N–H and O–H groups in total. The molecule has 0 fully saturated rings. The molecule has 25 heavy (non-hydrogen) atoms. The zero-order chi connectivity index (χ0) is 18.4. The minimum atomic E-state index is -1.30. The Bertz CT molecular complexity index is 700. The second kappa shape index (κ2) is 8.13. The third-order valence-corrected chi connectivity index (χ3v) is 3.70. The Labute approximate surface area is 146 Å². The van der Waals surface area contributed by atoms with E-state index in [-0.39, 0.29) is 18.9 Å². The van der Waals surface area contributed by atoms with Gasteiger partial charge < -0.3 is 25.1 Å². The molecule has 0 saturated carbocycles. The van der Waals surface area contributed by atoms with Gasteiger partial charge in [0.25, 0.3) is 0 Å². The summed E-state index contributed by atoms with van der Waals surface area (Å²) in [5.41, 5.74) is -0.0403. The highest BCUT2D eigenvalue weighted by atomic mass is 19.1. The van der Waals surface area contributed by atoms with E-state index >= 15 is 0 Å². The van der Waals surface area contributed by atoms with E-state index in [1.165, 1.54) is 12.3 Å². The van der Waals surface area contributed by atoms with E-state index in [1.807, 2.05) is 19.0 Å². The third-order valence-electron chi connectivity index (χ3n) is 3.70. The minimum Gasteiger partial charge on any atom is -0.466 e. The average Bonchev–Trinajstić information content (AvgIpc) is 3.08. The van der Waals surface area contributed by atoms with Crippen LogP contribution in [-0.2, 0) is 18.7 Å². The van der Waals surface area contributed by atoms with Crippen LogP contribution < -0.4 is 10.6 Å². The Kier molecular flexibility index (Phi) is 6.17. The van der Waals surface area contributed by atoms with E-state index in [9.17, 15) is 14.3 Å². The van der Waals surface area contributed by atoms with Gasteiger partial charge in [0.15, 0.2) is 0 Å². The fourth-order valence-corrected chi connectivity index (χ4v) is 2.34. The molecule has 1 aromatic heterocycles. The zero-order valence-corrected chi connectivity index (χ0v) is 14.7. The first kappa shape index (κ1) is 19.0. The summed E-state index contributed by atoms with van der Waals surface area (Å²) in [6, 6.07) is 7.76. The molecule has 0 spiro atoms. The zero-order valence-electron chi connectivity index (χ0n) is 14.7. The molecule has 7 heteroatoms. The topological polar surface area (TPSA) is 77.7 Å². The van der Waals surface area contributed by atoms with Gasteiger partial charge in [-0.3, -0.25) is 0 Å². The van der Waals surface area contributed by atoms with Crippen molar-refractivity contribution in [2.24, 2.45) is 0 Å². The molecule has 0 aliphatic heterocycles. The van der Waals surface area contributed by atoms with Gasteiger partial charge in [0.2, 0.25) is 0 Å². The predicted octanol–water partition coefficient (Wildman–Crippen LogP) is 2.19. The number of rotatable bonds is 7. The highest BCUT2D eigenvalue weighted by Crippen LogP contribution is 2.19. The van der Waals surface area contributed by atoms with Gasteiger partial charge in [-0.05, 0) is 44.8 Å². The first-order chi connectivity index (χ1) is 11.8. The van der Waals surface area contributed by atoms with E-state index in [0.717, 1.165) is 0 Å². The smallest absolute Gasteiger partial charge is 0.315 e. The van der Waals surface area contributed by atoms with Crippen molar-refractivity contribution in [3.05, 3.63) is 59.3 Å². The number of benzene rings is 1. The molecule has 0 radical (unpaired) electrons. The summed E-state index contributed by atoms with van der Waals surface area (Å²) >= 11 is 0. The molecule has 0 aliphatic rings. The van der Waals surface area contributed by atoms with Gasteiger partial charge in [-0.25, -0.2) is 9.18 Å². The minimum absolute atomic E-state index is 0.0114. The van der Waals surface area contributed by atoms with Gasteiger partial charge in [-0.2, -0.15) is 0 Å². The number of carbonyl (C=O) groups excluding carboxylic acids is 1. The standard InChI is InChI=1S/C18H24FN3O3/c1-18(24,16-5-4-8-25-16)12-21-17(23)20-10-13-6-7-14(11-22(2)3)15(19)9-13/h4-9,24H,10-12H2,1-3H3,(H2,20,21,23). The molecule has 0 bridgehead atoms.